The Kier molecular flexibility index (Phi) is 6.19. The van der Waals surface area contributed by atoms with Crippen LogP contribution in [0.25, 0.3) is 0 Å². The molecule has 0 spiro atoms. The molecule has 1 N–H and O–H groups in total. The van der Waals surface area contributed by atoms with Gasteiger partial charge in [0, 0.05) is 20.2 Å². The summed E-state index contributed by atoms with van der Waals surface area (Å²) >= 11 is 1.54. The predicted molar refractivity (Wildman–Crippen MR) is 80.1 cm³/mol. The van der Waals surface area contributed by atoms with Crippen molar-refractivity contribution in [1.29, 1.82) is 0 Å². The van der Waals surface area contributed by atoms with Gasteiger partial charge in [0.2, 0.25) is 0 Å². The highest BCUT2D eigenvalue weighted by atomic mass is 32.1. The molecule has 0 saturated heterocycles. The van der Waals surface area contributed by atoms with E-state index < -0.39 is 0 Å². The van der Waals surface area contributed by atoms with E-state index in [2.05, 4.69) is 29.4 Å². The molecule has 3 unspecified atom stereocenters. The van der Waals surface area contributed by atoms with Crippen LogP contribution in [0.3, 0.4) is 0 Å². The minimum atomic E-state index is 0.309. The summed E-state index contributed by atoms with van der Waals surface area (Å²) in [4.78, 5) is 0. The van der Waals surface area contributed by atoms with E-state index in [0.29, 0.717) is 17.9 Å². The molecule has 114 valence electrons. The smallest absolute Gasteiger partial charge is 0.294 e. The third kappa shape index (κ3) is 4.68. The lowest BCUT2D eigenvalue weighted by Gasteiger charge is -2.31. The van der Waals surface area contributed by atoms with E-state index >= 15 is 0 Å². The molecule has 1 aromatic rings. The summed E-state index contributed by atoms with van der Waals surface area (Å²) in [6, 6.07) is 0. The van der Waals surface area contributed by atoms with Gasteiger partial charge < -0.3 is 14.8 Å². The van der Waals surface area contributed by atoms with Crippen molar-refractivity contribution in [3.05, 3.63) is 5.01 Å². The molecule has 6 heteroatoms. The van der Waals surface area contributed by atoms with Gasteiger partial charge in [0.05, 0.1) is 6.61 Å². The molecule has 1 aliphatic carbocycles. The predicted octanol–water partition coefficient (Wildman–Crippen LogP) is 2.48. The van der Waals surface area contributed by atoms with Gasteiger partial charge in [-0.15, -0.1) is 5.10 Å². The van der Waals surface area contributed by atoms with Crippen LogP contribution in [0, 0.1) is 11.8 Å². The zero-order chi connectivity index (χ0) is 14.4. The molecule has 0 bridgehead atoms. The Morgan fingerprint density at radius 2 is 2.10 bits per heavy atom. The van der Waals surface area contributed by atoms with Gasteiger partial charge >= 0.3 is 0 Å². The highest BCUT2D eigenvalue weighted by molar-refractivity contribution is 7.13. The lowest BCUT2D eigenvalue weighted by molar-refractivity contribution is 0.0996. The molecule has 0 aromatic carbocycles. The molecule has 5 nitrogen and oxygen atoms in total. The van der Waals surface area contributed by atoms with Crippen molar-refractivity contribution in [1.82, 2.24) is 15.5 Å². The van der Waals surface area contributed by atoms with Crippen LogP contribution in [-0.4, -0.2) is 36.6 Å². The number of rotatable bonds is 7. The van der Waals surface area contributed by atoms with Crippen molar-refractivity contribution in [3.8, 4) is 5.19 Å². The molecule has 1 aromatic heterocycles. The SMILES string of the molecule is COCCNCc1nnc(OC2CCC(C)C(C)C2)s1. The third-order valence-corrected chi connectivity index (χ3v) is 4.84. The van der Waals surface area contributed by atoms with E-state index in [-0.39, 0.29) is 0 Å². The standard InChI is InChI=1S/C14H25N3O2S/c1-10-4-5-12(8-11(10)2)19-14-17-16-13(20-14)9-15-6-7-18-3/h10-12,15H,4-9H2,1-3H3. The van der Waals surface area contributed by atoms with E-state index in [1.807, 2.05) is 0 Å². The zero-order valence-corrected chi connectivity index (χ0v) is 13.4. The van der Waals surface area contributed by atoms with E-state index in [0.717, 1.165) is 42.8 Å². The fourth-order valence-corrected chi connectivity index (χ4v) is 3.20. The van der Waals surface area contributed by atoms with Crippen LogP contribution in [0.4, 0.5) is 0 Å². The second kappa shape index (κ2) is 7.90. The van der Waals surface area contributed by atoms with Gasteiger partial charge in [-0.3, -0.25) is 0 Å². The second-order valence-electron chi connectivity index (χ2n) is 5.64. The molecular formula is C14H25N3O2S. The molecule has 1 fully saturated rings. The molecule has 0 aliphatic heterocycles. The average molecular weight is 299 g/mol. The molecule has 1 aliphatic rings. The Balaban J connectivity index is 1.75. The van der Waals surface area contributed by atoms with Gasteiger partial charge in [-0.1, -0.05) is 30.3 Å². The third-order valence-electron chi connectivity index (χ3n) is 4.03. The fraction of sp³-hybridized carbons (Fsp3) is 0.857. The highest BCUT2D eigenvalue weighted by Crippen LogP contribution is 2.32. The maximum absolute atomic E-state index is 5.97. The van der Waals surface area contributed by atoms with E-state index in [1.54, 1.807) is 7.11 Å². The number of hydrogen-bond donors (Lipinski definition) is 1. The van der Waals surface area contributed by atoms with Crippen LogP contribution in [0.5, 0.6) is 5.19 Å². The number of nitrogens with zero attached hydrogens (tertiary/aromatic N) is 2. The minimum Gasteiger partial charge on any atom is -0.466 e. The Morgan fingerprint density at radius 1 is 1.25 bits per heavy atom. The molecule has 0 amide bonds. The molecule has 1 heterocycles. The minimum absolute atomic E-state index is 0.309. The first kappa shape index (κ1) is 15.7. The second-order valence-corrected chi connectivity index (χ2v) is 6.66. The average Bonchev–Trinajstić information content (AvgIpc) is 2.87. The van der Waals surface area contributed by atoms with Crippen LogP contribution in [0.15, 0.2) is 0 Å². The maximum atomic E-state index is 5.97. The van der Waals surface area contributed by atoms with Crippen molar-refractivity contribution >= 4 is 11.3 Å². The van der Waals surface area contributed by atoms with Gasteiger partial charge in [-0.05, 0) is 31.1 Å². The lowest BCUT2D eigenvalue weighted by atomic mass is 9.80. The van der Waals surface area contributed by atoms with Crippen LogP contribution >= 0.6 is 11.3 Å². The van der Waals surface area contributed by atoms with Crippen LogP contribution in [-0.2, 0) is 11.3 Å². The number of ether oxygens (including phenoxy) is 2. The molecule has 20 heavy (non-hydrogen) atoms. The lowest BCUT2D eigenvalue weighted by Crippen LogP contribution is -2.28. The van der Waals surface area contributed by atoms with Gasteiger partial charge in [0.15, 0.2) is 0 Å². The molecular weight excluding hydrogens is 274 g/mol. The summed E-state index contributed by atoms with van der Waals surface area (Å²) in [6.45, 7) is 6.90. The van der Waals surface area contributed by atoms with Crippen molar-refractivity contribution < 1.29 is 9.47 Å². The Morgan fingerprint density at radius 3 is 2.85 bits per heavy atom. The molecule has 0 radical (unpaired) electrons. The maximum Gasteiger partial charge on any atom is 0.294 e. The largest absolute Gasteiger partial charge is 0.466 e. The normalized spacial score (nSPS) is 26.6. The summed E-state index contributed by atoms with van der Waals surface area (Å²) in [5, 5.41) is 13.2. The first-order chi connectivity index (χ1) is 9.69. The Bertz CT molecular complexity index is 400. The monoisotopic (exact) mass is 299 g/mol. The highest BCUT2D eigenvalue weighted by Gasteiger charge is 2.26. The quantitative estimate of drug-likeness (QED) is 0.784. The summed E-state index contributed by atoms with van der Waals surface area (Å²) < 4.78 is 11.0. The van der Waals surface area contributed by atoms with E-state index in [1.165, 1.54) is 17.8 Å². The number of nitrogens with one attached hydrogen (secondary N) is 1. The topological polar surface area (TPSA) is 56.3 Å². The van der Waals surface area contributed by atoms with Gasteiger partial charge in [-0.25, -0.2) is 0 Å². The van der Waals surface area contributed by atoms with Crippen molar-refractivity contribution in [2.45, 2.75) is 45.8 Å². The van der Waals surface area contributed by atoms with E-state index in [4.69, 9.17) is 9.47 Å². The zero-order valence-electron chi connectivity index (χ0n) is 12.6. The number of methoxy groups -OCH3 is 1. The van der Waals surface area contributed by atoms with Gasteiger partial charge in [0.25, 0.3) is 5.19 Å². The molecule has 2 rings (SSSR count). The summed E-state index contributed by atoms with van der Waals surface area (Å²) in [7, 11) is 1.70. The fourth-order valence-electron chi connectivity index (χ4n) is 2.47. The Labute approximate surface area is 125 Å². The first-order valence-electron chi connectivity index (χ1n) is 7.37. The van der Waals surface area contributed by atoms with Crippen molar-refractivity contribution in [2.24, 2.45) is 11.8 Å². The number of aromatic nitrogens is 2. The molecule has 1 saturated carbocycles. The van der Waals surface area contributed by atoms with Crippen LogP contribution in [0.2, 0.25) is 0 Å². The Hall–Kier alpha value is -0.720. The van der Waals surface area contributed by atoms with Crippen molar-refractivity contribution in [2.75, 3.05) is 20.3 Å². The van der Waals surface area contributed by atoms with Gasteiger partial charge in [-0.2, -0.15) is 0 Å². The van der Waals surface area contributed by atoms with Crippen LogP contribution < -0.4 is 10.1 Å². The summed E-state index contributed by atoms with van der Waals surface area (Å²) in [5.74, 6) is 1.54. The summed E-state index contributed by atoms with van der Waals surface area (Å²) in [5.41, 5.74) is 0. The van der Waals surface area contributed by atoms with Crippen LogP contribution in [0.1, 0.15) is 38.1 Å². The summed E-state index contributed by atoms with van der Waals surface area (Å²) in [6.07, 6.45) is 3.81. The first-order valence-corrected chi connectivity index (χ1v) is 8.19. The van der Waals surface area contributed by atoms with E-state index in [9.17, 15) is 0 Å². The molecule has 3 atom stereocenters. The van der Waals surface area contributed by atoms with Gasteiger partial charge in [0.1, 0.15) is 11.1 Å². The number of hydrogen-bond acceptors (Lipinski definition) is 6. The van der Waals surface area contributed by atoms with Crippen molar-refractivity contribution in [3.63, 3.8) is 0 Å².